The van der Waals surface area contributed by atoms with E-state index in [4.69, 9.17) is 9.84 Å². The lowest BCUT2D eigenvalue weighted by molar-refractivity contribution is -0.131. The summed E-state index contributed by atoms with van der Waals surface area (Å²) in [5, 5.41) is 8.84. The van der Waals surface area contributed by atoms with Gasteiger partial charge in [-0.3, -0.25) is 0 Å². The third-order valence-corrected chi connectivity index (χ3v) is 2.86. The minimum atomic E-state index is -0.994. The van der Waals surface area contributed by atoms with Crippen molar-refractivity contribution < 1.29 is 19.0 Å². The summed E-state index contributed by atoms with van der Waals surface area (Å²) in [6.45, 7) is 2.18. The Morgan fingerprint density at radius 1 is 1.56 bits per heavy atom. The maximum Gasteiger partial charge on any atom is 0.328 e. The quantitative estimate of drug-likeness (QED) is 0.817. The van der Waals surface area contributed by atoms with E-state index in [9.17, 15) is 9.18 Å². The summed E-state index contributed by atoms with van der Waals surface area (Å²) in [5.74, 6) is -0.998. The Balaban J connectivity index is 2.31. The third-order valence-electron chi connectivity index (χ3n) is 2.86. The van der Waals surface area contributed by atoms with E-state index < -0.39 is 11.8 Å². The van der Waals surface area contributed by atoms with Gasteiger partial charge in [0.25, 0.3) is 0 Å². The molecule has 1 aromatic rings. The van der Waals surface area contributed by atoms with Crippen LogP contribution < -0.4 is 4.74 Å². The van der Waals surface area contributed by atoms with Crippen molar-refractivity contribution in [2.75, 3.05) is 6.61 Å². The fraction of sp³-hybridized carbons (Fsp3) is 0.357. The van der Waals surface area contributed by atoms with Gasteiger partial charge in [-0.15, -0.1) is 0 Å². The van der Waals surface area contributed by atoms with Crippen LogP contribution in [-0.4, -0.2) is 17.7 Å². The number of hydrogen-bond acceptors (Lipinski definition) is 2. The van der Waals surface area contributed by atoms with Gasteiger partial charge in [-0.1, -0.05) is 6.07 Å². The van der Waals surface area contributed by atoms with Crippen LogP contribution >= 0.6 is 0 Å². The van der Waals surface area contributed by atoms with Gasteiger partial charge in [0.15, 0.2) is 11.6 Å². The van der Waals surface area contributed by atoms with Gasteiger partial charge < -0.3 is 9.84 Å². The van der Waals surface area contributed by atoms with Gasteiger partial charge in [-0.05, 0) is 49.0 Å². The average molecular weight is 250 g/mol. The molecule has 2 rings (SSSR count). The smallest absolute Gasteiger partial charge is 0.328 e. The van der Waals surface area contributed by atoms with Crippen molar-refractivity contribution in [1.82, 2.24) is 0 Å². The molecule has 0 spiro atoms. The number of rotatable bonds is 5. The minimum Gasteiger partial charge on any atom is -0.491 e. The van der Waals surface area contributed by atoms with Crippen LogP contribution in [0.25, 0.3) is 5.57 Å². The van der Waals surface area contributed by atoms with Crippen molar-refractivity contribution in [2.45, 2.75) is 19.8 Å². The van der Waals surface area contributed by atoms with Crippen molar-refractivity contribution in [3.8, 4) is 5.75 Å². The number of benzene rings is 1. The Labute approximate surface area is 105 Å². The van der Waals surface area contributed by atoms with Crippen molar-refractivity contribution >= 4 is 11.5 Å². The van der Waals surface area contributed by atoms with Crippen LogP contribution in [0.1, 0.15) is 25.3 Å². The van der Waals surface area contributed by atoms with E-state index in [1.807, 2.05) is 0 Å². The van der Waals surface area contributed by atoms with Gasteiger partial charge in [-0.2, -0.15) is 0 Å². The second-order valence-electron chi connectivity index (χ2n) is 4.29. The van der Waals surface area contributed by atoms with E-state index in [-0.39, 0.29) is 11.7 Å². The summed E-state index contributed by atoms with van der Waals surface area (Å²) in [6.07, 6.45) is 3.11. The van der Waals surface area contributed by atoms with Crippen LogP contribution in [-0.2, 0) is 4.79 Å². The van der Waals surface area contributed by atoms with Crippen LogP contribution in [0, 0.1) is 11.7 Å². The first-order chi connectivity index (χ1) is 8.61. The first-order valence-electron chi connectivity index (χ1n) is 5.99. The molecule has 1 aliphatic rings. The molecule has 1 aliphatic carbocycles. The average Bonchev–Trinajstić information content (AvgIpc) is 3.13. The van der Waals surface area contributed by atoms with E-state index in [0.29, 0.717) is 17.7 Å². The number of carboxylic acid groups (broad SMARTS) is 1. The van der Waals surface area contributed by atoms with E-state index in [0.717, 1.165) is 12.8 Å². The van der Waals surface area contributed by atoms with Gasteiger partial charge in [0, 0.05) is 6.08 Å². The number of aliphatic carboxylic acids is 1. The zero-order valence-electron chi connectivity index (χ0n) is 10.1. The van der Waals surface area contributed by atoms with Crippen molar-refractivity contribution in [3.63, 3.8) is 0 Å². The lowest BCUT2D eigenvalue weighted by Crippen LogP contribution is -1.98. The zero-order valence-corrected chi connectivity index (χ0v) is 10.1. The predicted molar refractivity (Wildman–Crippen MR) is 65.9 cm³/mol. The molecule has 0 bridgehead atoms. The Bertz CT molecular complexity index is 490. The first kappa shape index (κ1) is 12.6. The normalized spacial score (nSPS) is 15.6. The Morgan fingerprint density at radius 2 is 2.28 bits per heavy atom. The Kier molecular flexibility index (Phi) is 3.65. The highest BCUT2D eigenvalue weighted by molar-refractivity contribution is 5.91. The fourth-order valence-electron chi connectivity index (χ4n) is 1.92. The molecule has 96 valence electrons. The highest BCUT2D eigenvalue weighted by Gasteiger charge is 2.28. The molecule has 1 saturated carbocycles. The first-order valence-corrected chi connectivity index (χ1v) is 5.99. The minimum absolute atomic E-state index is 0.201. The summed E-state index contributed by atoms with van der Waals surface area (Å²) in [7, 11) is 0. The molecule has 18 heavy (non-hydrogen) atoms. The molecule has 3 nitrogen and oxygen atoms in total. The lowest BCUT2D eigenvalue weighted by Gasteiger charge is -2.09. The molecule has 1 fully saturated rings. The molecular weight excluding hydrogens is 235 g/mol. The van der Waals surface area contributed by atoms with Crippen LogP contribution in [0.4, 0.5) is 4.39 Å². The largest absolute Gasteiger partial charge is 0.491 e. The number of carboxylic acids is 1. The van der Waals surface area contributed by atoms with E-state index in [1.165, 1.54) is 12.1 Å². The second-order valence-corrected chi connectivity index (χ2v) is 4.29. The molecule has 0 unspecified atom stereocenters. The summed E-state index contributed by atoms with van der Waals surface area (Å²) >= 11 is 0. The molecule has 1 aromatic carbocycles. The summed E-state index contributed by atoms with van der Waals surface area (Å²) < 4.78 is 18.8. The number of hydrogen-bond donors (Lipinski definition) is 1. The van der Waals surface area contributed by atoms with Gasteiger partial charge in [0.1, 0.15) is 0 Å². The topological polar surface area (TPSA) is 46.5 Å². The van der Waals surface area contributed by atoms with Crippen LogP contribution in [0.5, 0.6) is 5.75 Å². The van der Waals surface area contributed by atoms with Crippen molar-refractivity contribution in [1.29, 1.82) is 0 Å². The molecule has 0 atom stereocenters. The number of allylic oxidation sites excluding steroid dienone is 1. The van der Waals surface area contributed by atoms with E-state index >= 15 is 0 Å². The van der Waals surface area contributed by atoms with Crippen LogP contribution in [0.2, 0.25) is 0 Å². The predicted octanol–water partition coefficient (Wildman–Crippen LogP) is 3.10. The summed E-state index contributed by atoms with van der Waals surface area (Å²) in [5.41, 5.74) is 1.32. The highest BCUT2D eigenvalue weighted by Crippen LogP contribution is 2.42. The molecule has 4 heteroatoms. The summed E-state index contributed by atoms with van der Waals surface area (Å²) in [4.78, 5) is 10.8. The molecule has 0 radical (unpaired) electrons. The SMILES string of the molecule is CCOc1ccc(/C(=C/C(=O)O)C2CC2)cc1F. The van der Waals surface area contributed by atoms with E-state index in [1.54, 1.807) is 19.1 Å². The molecule has 0 aliphatic heterocycles. The maximum absolute atomic E-state index is 13.7. The molecule has 0 amide bonds. The van der Waals surface area contributed by atoms with Crippen molar-refractivity contribution in [2.24, 2.45) is 5.92 Å². The maximum atomic E-state index is 13.7. The molecule has 1 N–H and O–H groups in total. The zero-order chi connectivity index (χ0) is 13.1. The van der Waals surface area contributed by atoms with Gasteiger partial charge in [0.2, 0.25) is 0 Å². The summed E-state index contributed by atoms with van der Waals surface area (Å²) in [6, 6.07) is 4.60. The number of carbonyl (C=O) groups is 1. The molecule has 0 aromatic heterocycles. The lowest BCUT2D eigenvalue weighted by atomic mass is 10.0. The van der Waals surface area contributed by atoms with Crippen LogP contribution in [0.15, 0.2) is 24.3 Å². The standard InChI is InChI=1S/C14H15FO3/c1-2-18-13-6-5-10(7-12(13)15)11(8-14(16)17)9-3-4-9/h5-9H,2-4H2,1H3,(H,16,17)/b11-8+. The van der Waals surface area contributed by atoms with Gasteiger partial charge in [0.05, 0.1) is 6.61 Å². The number of ether oxygens (including phenoxy) is 1. The molecule has 0 heterocycles. The molecular formula is C14H15FO3. The third kappa shape index (κ3) is 2.88. The van der Waals surface area contributed by atoms with Crippen LogP contribution in [0.3, 0.4) is 0 Å². The van der Waals surface area contributed by atoms with Crippen molar-refractivity contribution in [3.05, 3.63) is 35.7 Å². The highest BCUT2D eigenvalue weighted by atomic mass is 19.1. The Hall–Kier alpha value is -1.84. The van der Waals surface area contributed by atoms with Gasteiger partial charge in [-0.25, -0.2) is 9.18 Å². The number of halogens is 1. The Morgan fingerprint density at radius 3 is 2.78 bits per heavy atom. The van der Waals surface area contributed by atoms with Gasteiger partial charge >= 0.3 is 5.97 Å². The monoisotopic (exact) mass is 250 g/mol. The fourth-order valence-corrected chi connectivity index (χ4v) is 1.92. The second kappa shape index (κ2) is 5.21. The molecule has 0 saturated heterocycles. The van der Waals surface area contributed by atoms with E-state index in [2.05, 4.69) is 0 Å².